The average molecular weight is 200 g/mol. The Balaban J connectivity index is 2.58. The fraction of sp³-hybridized carbons (Fsp3) is 0.500. The molecule has 0 aliphatic heterocycles. The first kappa shape index (κ1) is 10.3. The Morgan fingerprint density at radius 2 is 2.38 bits per heavy atom. The van der Waals surface area contributed by atoms with E-state index in [2.05, 4.69) is 11.9 Å². The van der Waals surface area contributed by atoms with Crippen molar-refractivity contribution in [3.05, 3.63) is 23.4 Å². The van der Waals surface area contributed by atoms with E-state index in [0.29, 0.717) is 10.9 Å². The van der Waals surface area contributed by atoms with Gasteiger partial charge in [-0.3, -0.25) is 0 Å². The Hall–Kier alpha value is -0.760. The number of hydrogen-bond acceptors (Lipinski definition) is 2. The minimum atomic E-state index is 0.178. The molecule has 1 aromatic rings. The zero-order valence-corrected chi connectivity index (χ0v) is 8.71. The molecule has 0 aliphatic rings. The Labute approximate surface area is 83.9 Å². The molecule has 1 aromatic heterocycles. The van der Waals surface area contributed by atoms with Gasteiger partial charge in [0.25, 0.3) is 0 Å². The Kier molecular flexibility index (Phi) is 4.03. The SMILES string of the molecule is CCCC(C)Oc1ncccc1Cl. The minimum absolute atomic E-state index is 0.178. The van der Waals surface area contributed by atoms with E-state index in [9.17, 15) is 0 Å². The van der Waals surface area contributed by atoms with Crippen LogP contribution in [-0.2, 0) is 0 Å². The summed E-state index contributed by atoms with van der Waals surface area (Å²) in [5.41, 5.74) is 0. The molecule has 1 unspecified atom stereocenters. The van der Waals surface area contributed by atoms with Gasteiger partial charge in [0.2, 0.25) is 5.88 Å². The van der Waals surface area contributed by atoms with Crippen molar-refractivity contribution in [2.45, 2.75) is 32.8 Å². The van der Waals surface area contributed by atoms with E-state index in [1.165, 1.54) is 0 Å². The Bertz CT molecular complexity index is 265. The number of rotatable bonds is 4. The molecule has 0 bridgehead atoms. The maximum absolute atomic E-state index is 5.88. The van der Waals surface area contributed by atoms with Crippen molar-refractivity contribution < 1.29 is 4.74 Å². The molecule has 0 N–H and O–H groups in total. The van der Waals surface area contributed by atoms with Gasteiger partial charge in [-0.05, 0) is 25.5 Å². The number of halogens is 1. The zero-order chi connectivity index (χ0) is 9.68. The largest absolute Gasteiger partial charge is 0.474 e. The lowest BCUT2D eigenvalue weighted by atomic mass is 10.2. The van der Waals surface area contributed by atoms with Crippen LogP contribution in [0.1, 0.15) is 26.7 Å². The third-order valence-corrected chi connectivity index (χ3v) is 2.02. The van der Waals surface area contributed by atoms with Crippen molar-refractivity contribution >= 4 is 11.6 Å². The third-order valence-electron chi connectivity index (χ3n) is 1.73. The van der Waals surface area contributed by atoms with Gasteiger partial charge in [-0.1, -0.05) is 24.9 Å². The number of ether oxygens (including phenoxy) is 1. The maximum atomic E-state index is 5.88. The van der Waals surface area contributed by atoms with Crippen LogP contribution in [0.5, 0.6) is 5.88 Å². The van der Waals surface area contributed by atoms with Gasteiger partial charge >= 0.3 is 0 Å². The first-order valence-corrected chi connectivity index (χ1v) is 4.89. The summed E-state index contributed by atoms with van der Waals surface area (Å²) in [4.78, 5) is 4.05. The molecule has 0 aromatic carbocycles. The van der Waals surface area contributed by atoms with Gasteiger partial charge in [0.1, 0.15) is 5.02 Å². The highest BCUT2D eigenvalue weighted by atomic mass is 35.5. The molecule has 3 heteroatoms. The molecule has 0 saturated carbocycles. The van der Waals surface area contributed by atoms with Crippen LogP contribution in [0.2, 0.25) is 5.02 Å². The van der Waals surface area contributed by atoms with Crippen molar-refractivity contribution in [2.24, 2.45) is 0 Å². The maximum Gasteiger partial charge on any atom is 0.232 e. The summed E-state index contributed by atoms with van der Waals surface area (Å²) in [5, 5.41) is 0.574. The van der Waals surface area contributed by atoms with E-state index in [1.54, 1.807) is 18.3 Å². The normalized spacial score (nSPS) is 12.5. The standard InChI is InChI=1S/C10H14ClNO/c1-3-5-8(2)13-10-9(11)6-4-7-12-10/h4,6-8H,3,5H2,1-2H3. The zero-order valence-electron chi connectivity index (χ0n) is 7.96. The molecule has 0 radical (unpaired) electrons. The minimum Gasteiger partial charge on any atom is -0.474 e. The molecule has 0 amide bonds. The summed E-state index contributed by atoms with van der Waals surface area (Å²) < 4.78 is 5.54. The van der Waals surface area contributed by atoms with E-state index in [1.807, 2.05) is 6.92 Å². The van der Waals surface area contributed by atoms with Crippen LogP contribution in [0, 0.1) is 0 Å². The lowest BCUT2D eigenvalue weighted by molar-refractivity contribution is 0.201. The quantitative estimate of drug-likeness (QED) is 0.743. The second-order valence-electron chi connectivity index (χ2n) is 3.01. The molecule has 0 spiro atoms. The van der Waals surface area contributed by atoms with Crippen LogP contribution >= 0.6 is 11.6 Å². The van der Waals surface area contributed by atoms with Gasteiger partial charge in [-0.15, -0.1) is 0 Å². The third kappa shape index (κ3) is 3.23. The molecule has 1 rings (SSSR count). The summed E-state index contributed by atoms with van der Waals surface area (Å²) in [5.74, 6) is 0.533. The molecule has 0 aliphatic carbocycles. The molecule has 1 heterocycles. The summed E-state index contributed by atoms with van der Waals surface area (Å²) >= 11 is 5.88. The highest BCUT2D eigenvalue weighted by Gasteiger charge is 2.06. The van der Waals surface area contributed by atoms with Crippen molar-refractivity contribution in [1.29, 1.82) is 0 Å². The summed E-state index contributed by atoms with van der Waals surface area (Å²) in [7, 11) is 0. The van der Waals surface area contributed by atoms with Crippen LogP contribution < -0.4 is 4.74 Å². The average Bonchev–Trinajstić information content (AvgIpc) is 2.09. The predicted octanol–water partition coefficient (Wildman–Crippen LogP) is 3.30. The van der Waals surface area contributed by atoms with E-state index in [4.69, 9.17) is 16.3 Å². The molecule has 1 atom stereocenters. The van der Waals surface area contributed by atoms with Gasteiger partial charge in [0.15, 0.2) is 0 Å². The number of hydrogen-bond donors (Lipinski definition) is 0. The molecule has 0 fully saturated rings. The fourth-order valence-electron chi connectivity index (χ4n) is 1.11. The number of pyridine rings is 1. The molecule has 0 saturated heterocycles. The lowest BCUT2D eigenvalue weighted by Gasteiger charge is -2.13. The predicted molar refractivity (Wildman–Crippen MR) is 54.2 cm³/mol. The van der Waals surface area contributed by atoms with Gasteiger partial charge < -0.3 is 4.74 Å². The van der Waals surface area contributed by atoms with Crippen molar-refractivity contribution in [3.63, 3.8) is 0 Å². The summed E-state index contributed by atoms with van der Waals surface area (Å²) in [6.07, 6.45) is 3.98. The summed E-state index contributed by atoms with van der Waals surface area (Å²) in [6.45, 7) is 4.15. The Morgan fingerprint density at radius 1 is 1.62 bits per heavy atom. The smallest absolute Gasteiger partial charge is 0.232 e. The number of nitrogens with zero attached hydrogens (tertiary/aromatic N) is 1. The highest BCUT2D eigenvalue weighted by molar-refractivity contribution is 6.31. The molecule has 13 heavy (non-hydrogen) atoms. The van der Waals surface area contributed by atoms with Crippen LogP contribution in [0.15, 0.2) is 18.3 Å². The molecular formula is C10H14ClNO. The monoisotopic (exact) mass is 199 g/mol. The molecule has 72 valence electrons. The van der Waals surface area contributed by atoms with Gasteiger partial charge in [0.05, 0.1) is 6.10 Å². The van der Waals surface area contributed by atoms with Crippen LogP contribution in [0.4, 0.5) is 0 Å². The van der Waals surface area contributed by atoms with Crippen LogP contribution in [0.25, 0.3) is 0 Å². The van der Waals surface area contributed by atoms with Crippen LogP contribution in [0.3, 0.4) is 0 Å². The summed E-state index contributed by atoms with van der Waals surface area (Å²) in [6, 6.07) is 3.57. The van der Waals surface area contributed by atoms with Gasteiger partial charge in [-0.2, -0.15) is 0 Å². The van der Waals surface area contributed by atoms with Gasteiger partial charge in [-0.25, -0.2) is 4.98 Å². The Morgan fingerprint density at radius 3 is 3.00 bits per heavy atom. The second-order valence-corrected chi connectivity index (χ2v) is 3.41. The first-order valence-electron chi connectivity index (χ1n) is 4.51. The molecule has 2 nitrogen and oxygen atoms in total. The van der Waals surface area contributed by atoms with Crippen molar-refractivity contribution in [1.82, 2.24) is 4.98 Å². The van der Waals surface area contributed by atoms with E-state index < -0.39 is 0 Å². The van der Waals surface area contributed by atoms with Crippen molar-refractivity contribution in [3.8, 4) is 5.88 Å². The highest BCUT2D eigenvalue weighted by Crippen LogP contribution is 2.21. The van der Waals surface area contributed by atoms with Crippen molar-refractivity contribution in [2.75, 3.05) is 0 Å². The van der Waals surface area contributed by atoms with Crippen LogP contribution in [-0.4, -0.2) is 11.1 Å². The molecular weight excluding hydrogens is 186 g/mol. The number of aromatic nitrogens is 1. The van der Waals surface area contributed by atoms with E-state index in [0.717, 1.165) is 12.8 Å². The van der Waals surface area contributed by atoms with E-state index in [-0.39, 0.29) is 6.10 Å². The second kappa shape index (κ2) is 5.07. The fourth-order valence-corrected chi connectivity index (χ4v) is 1.28. The van der Waals surface area contributed by atoms with Gasteiger partial charge in [0, 0.05) is 6.20 Å². The van der Waals surface area contributed by atoms with E-state index >= 15 is 0 Å². The lowest BCUT2D eigenvalue weighted by Crippen LogP contribution is -2.12. The first-order chi connectivity index (χ1) is 6.24. The topological polar surface area (TPSA) is 22.1 Å².